The lowest BCUT2D eigenvalue weighted by Gasteiger charge is -2.33. The molecule has 0 saturated heterocycles. The van der Waals surface area contributed by atoms with E-state index in [1.807, 2.05) is 12.1 Å². The molecule has 0 fully saturated rings. The summed E-state index contributed by atoms with van der Waals surface area (Å²) in [6.45, 7) is 3.99. The van der Waals surface area contributed by atoms with Gasteiger partial charge in [-0.3, -0.25) is 10.1 Å². The fourth-order valence-electron chi connectivity index (χ4n) is 3.95. The number of rotatable bonds is 4. The quantitative estimate of drug-likeness (QED) is 0.695. The molecule has 2 aromatic carbocycles. The normalized spacial score (nSPS) is 17.3. The highest BCUT2D eigenvalue weighted by Crippen LogP contribution is 2.41. The molecule has 1 aliphatic heterocycles. The number of benzene rings is 2. The molecule has 2 N–H and O–H groups in total. The number of aromatic amines is 1. The summed E-state index contributed by atoms with van der Waals surface area (Å²) in [7, 11) is 1.49. The van der Waals surface area contributed by atoms with E-state index < -0.39 is 0 Å². The van der Waals surface area contributed by atoms with Crippen LogP contribution in [0.2, 0.25) is 0 Å². The molecule has 0 amide bonds. The molecule has 6 heteroatoms. The van der Waals surface area contributed by atoms with E-state index in [2.05, 4.69) is 41.1 Å². The van der Waals surface area contributed by atoms with Gasteiger partial charge in [0.2, 0.25) is 0 Å². The third-order valence-electron chi connectivity index (χ3n) is 5.31. The van der Waals surface area contributed by atoms with Gasteiger partial charge in [-0.15, -0.1) is 0 Å². The third-order valence-corrected chi connectivity index (χ3v) is 5.31. The lowest BCUT2D eigenvalue weighted by molar-refractivity contribution is 0.187. The van der Waals surface area contributed by atoms with Crippen molar-refractivity contribution >= 4 is 16.6 Å². The van der Waals surface area contributed by atoms with Gasteiger partial charge in [-0.2, -0.15) is 0 Å². The Morgan fingerprint density at radius 3 is 2.73 bits per heavy atom. The van der Waals surface area contributed by atoms with E-state index >= 15 is 0 Å². The van der Waals surface area contributed by atoms with Crippen LogP contribution in [-0.4, -0.2) is 28.7 Å². The summed E-state index contributed by atoms with van der Waals surface area (Å²) in [6.07, 6.45) is 0.891. The van der Waals surface area contributed by atoms with Gasteiger partial charge in [0.15, 0.2) is 0 Å². The van der Waals surface area contributed by atoms with Crippen LogP contribution in [0.1, 0.15) is 29.8 Å². The summed E-state index contributed by atoms with van der Waals surface area (Å²) in [5, 5.41) is 22.1. The van der Waals surface area contributed by atoms with Crippen LogP contribution in [0, 0.1) is 5.21 Å². The first-order valence-electron chi connectivity index (χ1n) is 8.75. The minimum Gasteiger partial charge on any atom is -0.733 e. The number of methoxy groups -OCH3 is 1. The summed E-state index contributed by atoms with van der Waals surface area (Å²) < 4.78 is 5.24. The number of aromatic nitrogens is 1. The van der Waals surface area contributed by atoms with Gasteiger partial charge in [0.25, 0.3) is 0 Å². The lowest BCUT2D eigenvalue weighted by Crippen LogP contribution is -2.33. The number of fused-ring (bicyclic) bond motifs is 3. The van der Waals surface area contributed by atoms with Crippen molar-refractivity contribution in [1.29, 1.82) is 0 Å². The van der Waals surface area contributed by atoms with Gasteiger partial charge in [-0.05, 0) is 36.6 Å². The highest BCUT2D eigenvalue weighted by atomic mass is 16.8. The van der Waals surface area contributed by atoms with Crippen LogP contribution in [0.25, 0.3) is 10.9 Å². The van der Waals surface area contributed by atoms with Crippen LogP contribution in [0.4, 0.5) is 5.69 Å². The average molecular weight is 352 g/mol. The fraction of sp³-hybridized carbons (Fsp3) is 0.300. The van der Waals surface area contributed by atoms with Crippen LogP contribution in [0.15, 0.2) is 42.5 Å². The molecule has 1 aliphatic rings. The summed E-state index contributed by atoms with van der Waals surface area (Å²) in [4.78, 5) is 5.80. The highest BCUT2D eigenvalue weighted by molar-refractivity contribution is 5.97. The smallest absolute Gasteiger partial charge is 0.145 e. The zero-order valence-electron chi connectivity index (χ0n) is 14.9. The Balaban J connectivity index is 1.75. The zero-order valence-corrected chi connectivity index (χ0v) is 14.9. The number of H-pyrrole nitrogens is 1. The van der Waals surface area contributed by atoms with E-state index in [0.717, 1.165) is 30.6 Å². The van der Waals surface area contributed by atoms with Crippen molar-refractivity contribution < 1.29 is 9.94 Å². The molecule has 1 unspecified atom stereocenters. The van der Waals surface area contributed by atoms with Crippen molar-refractivity contribution in [1.82, 2.24) is 9.88 Å². The molecule has 2 heterocycles. The third kappa shape index (κ3) is 2.72. The van der Waals surface area contributed by atoms with E-state index in [4.69, 9.17) is 4.74 Å². The van der Waals surface area contributed by atoms with E-state index in [1.165, 1.54) is 18.2 Å². The number of nitrogens with one attached hydrogen (secondary N) is 1. The Morgan fingerprint density at radius 1 is 1.27 bits per heavy atom. The van der Waals surface area contributed by atoms with Crippen LogP contribution < -0.4 is 9.96 Å². The van der Waals surface area contributed by atoms with Crippen molar-refractivity contribution in [2.75, 3.05) is 18.9 Å². The molecule has 0 bridgehead atoms. The van der Waals surface area contributed by atoms with Gasteiger partial charge < -0.3 is 20.2 Å². The van der Waals surface area contributed by atoms with Crippen molar-refractivity contribution in [2.24, 2.45) is 0 Å². The topological polar surface area (TPSA) is 74.8 Å². The average Bonchev–Trinajstić information content (AvgIpc) is 3.03. The molecule has 26 heavy (non-hydrogen) atoms. The minimum atomic E-state index is -0.116. The van der Waals surface area contributed by atoms with Gasteiger partial charge in [0, 0.05) is 30.2 Å². The van der Waals surface area contributed by atoms with Crippen molar-refractivity contribution in [3.8, 4) is 5.75 Å². The molecule has 0 radical (unpaired) electrons. The molecule has 4 rings (SSSR count). The molecule has 1 aromatic heterocycles. The first-order chi connectivity index (χ1) is 12.6. The Bertz CT molecular complexity index is 921. The summed E-state index contributed by atoms with van der Waals surface area (Å²) in [5.41, 5.74) is 4.34. The zero-order chi connectivity index (χ0) is 18.3. The maximum atomic E-state index is 11.7. The number of hydrogen-bond donors (Lipinski definition) is 2. The SMILES string of the molecule is COc1ccc2c3c([nH]c2c1N([O-])O)C(C)N(Cc1ccccc1)CC3. The molecule has 3 aromatic rings. The molecule has 0 aliphatic carbocycles. The monoisotopic (exact) mass is 352 g/mol. The van der Waals surface area contributed by atoms with Crippen molar-refractivity contribution in [3.05, 3.63) is 64.5 Å². The molecule has 0 saturated carbocycles. The van der Waals surface area contributed by atoms with Gasteiger partial charge in [0.1, 0.15) is 11.4 Å². The van der Waals surface area contributed by atoms with Gasteiger partial charge in [-0.25, -0.2) is 0 Å². The molecular formula is C20H22N3O3-. The van der Waals surface area contributed by atoms with Gasteiger partial charge in [0.05, 0.1) is 12.6 Å². The number of ether oxygens (including phenoxy) is 1. The predicted octanol–water partition coefficient (Wildman–Crippen LogP) is 3.99. The maximum Gasteiger partial charge on any atom is 0.145 e. The van der Waals surface area contributed by atoms with Crippen molar-refractivity contribution in [3.63, 3.8) is 0 Å². The molecule has 136 valence electrons. The summed E-state index contributed by atoms with van der Waals surface area (Å²) in [6, 6.07) is 14.3. The van der Waals surface area contributed by atoms with E-state index in [-0.39, 0.29) is 17.0 Å². The molecule has 1 atom stereocenters. The number of anilines is 1. The van der Waals surface area contributed by atoms with Crippen molar-refractivity contribution in [2.45, 2.75) is 25.9 Å². The highest BCUT2D eigenvalue weighted by Gasteiger charge is 2.28. The second kappa shape index (κ2) is 6.64. The van der Waals surface area contributed by atoms with Crippen LogP contribution in [0.3, 0.4) is 0 Å². The van der Waals surface area contributed by atoms with Crippen LogP contribution in [-0.2, 0) is 13.0 Å². The fourth-order valence-corrected chi connectivity index (χ4v) is 3.95. The van der Waals surface area contributed by atoms with Crippen LogP contribution in [0.5, 0.6) is 5.75 Å². The summed E-state index contributed by atoms with van der Waals surface area (Å²) in [5.74, 6) is 0.349. The first kappa shape index (κ1) is 16.9. The predicted molar refractivity (Wildman–Crippen MR) is 101 cm³/mol. The first-order valence-corrected chi connectivity index (χ1v) is 8.75. The van der Waals surface area contributed by atoms with Crippen LogP contribution >= 0.6 is 0 Å². The Hall–Kier alpha value is -2.54. The minimum absolute atomic E-state index is 0.116. The maximum absolute atomic E-state index is 11.7. The standard InChI is InChI=1S/C20H22N3O3/c1-13-18-16(10-11-22(13)12-14-6-4-3-5-7-14)15-8-9-17(26-2)20(23(24)25)19(15)21-18/h3-9,13,21,24H,10-12H2,1-2H3/q-1. The molecule has 6 nitrogen and oxygen atoms in total. The Morgan fingerprint density at radius 2 is 2.04 bits per heavy atom. The second-order valence-corrected chi connectivity index (χ2v) is 6.71. The Kier molecular flexibility index (Phi) is 4.32. The van der Waals surface area contributed by atoms with Gasteiger partial charge >= 0.3 is 0 Å². The molecular weight excluding hydrogens is 330 g/mol. The van der Waals surface area contributed by atoms with E-state index in [1.54, 1.807) is 6.07 Å². The number of hydrogen-bond acceptors (Lipinski definition) is 5. The lowest BCUT2D eigenvalue weighted by atomic mass is 9.97. The van der Waals surface area contributed by atoms with E-state index in [9.17, 15) is 10.4 Å². The number of nitrogens with zero attached hydrogens (tertiary/aromatic N) is 2. The van der Waals surface area contributed by atoms with Gasteiger partial charge in [-0.1, -0.05) is 30.3 Å². The van der Waals surface area contributed by atoms with E-state index in [0.29, 0.717) is 11.3 Å². The second-order valence-electron chi connectivity index (χ2n) is 6.71. The summed E-state index contributed by atoms with van der Waals surface area (Å²) >= 11 is 0. The largest absolute Gasteiger partial charge is 0.733 e. The molecule has 0 spiro atoms. The Labute approximate surface area is 152 Å².